The third-order valence-electron chi connectivity index (χ3n) is 2.85. The molecule has 6 heteroatoms. The molecule has 0 saturated heterocycles. The number of hydrogen-bond donors (Lipinski definition) is 2. The number of carbonyl (C=O) groups excluding carboxylic acids is 1. The minimum atomic E-state index is -1.02. The first kappa shape index (κ1) is 13.1. The molecule has 6 nitrogen and oxygen atoms in total. The van der Waals surface area contributed by atoms with E-state index >= 15 is 0 Å². The Bertz CT molecular complexity index is 606. The van der Waals surface area contributed by atoms with Gasteiger partial charge in [0.1, 0.15) is 6.04 Å². The van der Waals surface area contributed by atoms with Gasteiger partial charge in [0.2, 0.25) is 0 Å². The van der Waals surface area contributed by atoms with Crippen molar-refractivity contribution in [2.45, 2.75) is 25.8 Å². The fourth-order valence-corrected chi connectivity index (χ4v) is 1.89. The minimum absolute atomic E-state index is 0.378. The second kappa shape index (κ2) is 5.51. The first-order chi connectivity index (χ1) is 9.13. The second-order valence-corrected chi connectivity index (χ2v) is 4.24. The maximum atomic E-state index is 12.1. The summed E-state index contributed by atoms with van der Waals surface area (Å²) in [5, 5.41) is 15.6. The normalized spacial score (nSPS) is 12.3. The third kappa shape index (κ3) is 2.73. The molecule has 2 aromatic heterocycles. The Labute approximate surface area is 110 Å². The Hall–Kier alpha value is -2.37. The summed E-state index contributed by atoms with van der Waals surface area (Å²) >= 11 is 0. The molecule has 0 aromatic carbocycles. The first-order valence-corrected chi connectivity index (χ1v) is 6.09. The molecule has 0 bridgehead atoms. The number of carboxylic acids is 1. The standard InChI is InChI=1S/C13H15N3O3/c1-2-5-10(13(18)19)15-12(17)9-8-14-16-7-4-3-6-11(9)16/h3-4,6-8,10H,2,5H2,1H3,(H,15,17)(H,18,19)/t10-/m1/s1. The Morgan fingerprint density at radius 1 is 1.47 bits per heavy atom. The third-order valence-corrected chi connectivity index (χ3v) is 2.85. The maximum Gasteiger partial charge on any atom is 0.326 e. The summed E-state index contributed by atoms with van der Waals surface area (Å²) in [5.41, 5.74) is 1.03. The van der Waals surface area contributed by atoms with Gasteiger partial charge in [0.25, 0.3) is 5.91 Å². The molecule has 2 N–H and O–H groups in total. The summed E-state index contributed by atoms with van der Waals surface area (Å²) in [5.74, 6) is -1.44. The lowest BCUT2D eigenvalue weighted by atomic mass is 10.1. The van der Waals surface area contributed by atoms with Crippen LogP contribution in [0.3, 0.4) is 0 Å². The van der Waals surface area contributed by atoms with E-state index in [1.54, 1.807) is 28.9 Å². The minimum Gasteiger partial charge on any atom is -0.480 e. The lowest BCUT2D eigenvalue weighted by molar-refractivity contribution is -0.139. The molecule has 1 amide bonds. The van der Waals surface area contributed by atoms with Crippen molar-refractivity contribution >= 4 is 17.4 Å². The van der Waals surface area contributed by atoms with Crippen molar-refractivity contribution in [2.24, 2.45) is 0 Å². The van der Waals surface area contributed by atoms with Crippen molar-refractivity contribution in [3.05, 3.63) is 36.2 Å². The fraction of sp³-hybridized carbons (Fsp3) is 0.308. The molecule has 0 unspecified atom stereocenters. The second-order valence-electron chi connectivity index (χ2n) is 4.24. The van der Waals surface area contributed by atoms with Crippen molar-refractivity contribution in [2.75, 3.05) is 0 Å². The highest BCUT2D eigenvalue weighted by Crippen LogP contribution is 2.10. The first-order valence-electron chi connectivity index (χ1n) is 6.09. The largest absolute Gasteiger partial charge is 0.480 e. The zero-order valence-corrected chi connectivity index (χ0v) is 10.5. The molecular formula is C13H15N3O3. The number of carbonyl (C=O) groups is 2. The van der Waals surface area contributed by atoms with Gasteiger partial charge in [-0.1, -0.05) is 19.4 Å². The molecule has 0 saturated carbocycles. The average molecular weight is 261 g/mol. The van der Waals surface area contributed by atoms with Crippen LogP contribution in [0.4, 0.5) is 0 Å². The molecule has 1 atom stereocenters. The molecule has 100 valence electrons. The smallest absolute Gasteiger partial charge is 0.326 e. The number of amides is 1. The van der Waals surface area contributed by atoms with Gasteiger partial charge in [0, 0.05) is 6.20 Å². The number of nitrogens with zero attached hydrogens (tertiary/aromatic N) is 2. The number of aliphatic carboxylic acids is 1. The van der Waals surface area contributed by atoms with Crippen molar-refractivity contribution in [1.82, 2.24) is 14.9 Å². The maximum absolute atomic E-state index is 12.1. The van der Waals surface area contributed by atoms with Crippen molar-refractivity contribution in [3.8, 4) is 0 Å². The summed E-state index contributed by atoms with van der Waals surface area (Å²) < 4.78 is 1.57. The predicted molar refractivity (Wildman–Crippen MR) is 69.0 cm³/mol. The SMILES string of the molecule is CCC[C@@H](NC(=O)c1cnn2ccccc12)C(=O)O. The number of pyridine rings is 1. The highest BCUT2D eigenvalue weighted by molar-refractivity contribution is 6.02. The van der Waals surface area contributed by atoms with Crippen LogP contribution >= 0.6 is 0 Å². The van der Waals surface area contributed by atoms with Gasteiger partial charge in [-0.3, -0.25) is 4.79 Å². The molecular weight excluding hydrogens is 246 g/mol. The van der Waals surface area contributed by atoms with Crippen LogP contribution in [0.5, 0.6) is 0 Å². The molecule has 0 spiro atoms. The fourth-order valence-electron chi connectivity index (χ4n) is 1.89. The van der Waals surface area contributed by atoms with Gasteiger partial charge in [-0.15, -0.1) is 0 Å². The van der Waals surface area contributed by atoms with Gasteiger partial charge in [-0.2, -0.15) is 5.10 Å². The molecule has 0 aliphatic rings. The summed E-state index contributed by atoms with van der Waals surface area (Å²) in [7, 11) is 0. The molecule has 0 aliphatic heterocycles. The molecule has 0 radical (unpaired) electrons. The number of hydrogen-bond acceptors (Lipinski definition) is 3. The summed E-state index contributed by atoms with van der Waals surface area (Å²) in [6.07, 6.45) is 4.26. The zero-order valence-electron chi connectivity index (χ0n) is 10.5. The average Bonchev–Trinajstić information content (AvgIpc) is 2.81. The van der Waals surface area contributed by atoms with E-state index in [2.05, 4.69) is 10.4 Å². The molecule has 19 heavy (non-hydrogen) atoms. The Morgan fingerprint density at radius 2 is 2.26 bits per heavy atom. The van der Waals surface area contributed by atoms with E-state index < -0.39 is 17.9 Å². The van der Waals surface area contributed by atoms with E-state index in [-0.39, 0.29) is 0 Å². The molecule has 2 rings (SSSR count). The van der Waals surface area contributed by atoms with Gasteiger partial charge >= 0.3 is 5.97 Å². The van der Waals surface area contributed by atoms with Gasteiger partial charge in [-0.25, -0.2) is 9.31 Å². The molecule has 0 aliphatic carbocycles. The quantitative estimate of drug-likeness (QED) is 0.850. The molecule has 0 fully saturated rings. The number of carboxylic acid groups (broad SMARTS) is 1. The summed E-state index contributed by atoms with van der Waals surface area (Å²) in [6, 6.07) is 4.50. The Kier molecular flexibility index (Phi) is 3.79. The predicted octanol–water partition coefficient (Wildman–Crippen LogP) is 1.32. The van der Waals surface area contributed by atoms with E-state index in [1.807, 2.05) is 6.92 Å². The number of rotatable bonds is 5. The van der Waals surface area contributed by atoms with E-state index in [0.717, 1.165) is 0 Å². The van der Waals surface area contributed by atoms with Crippen LogP contribution in [-0.4, -0.2) is 32.6 Å². The summed E-state index contributed by atoms with van der Waals surface area (Å²) in [6.45, 7) is 1.87. The van der Waals surface area contributed by atoms with Crippen molar-refractivity contribution < 1.29 is 14.7 Å². The number of fused-ring (bicyclic) bond motifs is 1. The van der Waals surface area contributed by atoms with Crippen LogP contribution in [0.15, 0.2) is 30.6 Å². The van der Waals surface area contributed by atoms with Crippen molar-refractivity contribution in [1.29, 1.82) is 0 Å². The zero-order chi connectivity index (χ0) is 13.8. The lowest BCUT2D eigenvalue weighted by Crippen LogP contribution is -2.40. The highest BCUT2D eigenvalue weighted by atomic mass is 16.4. The molecule has 2 heterocycles. The van der Waals surface area contributed by atoms with E-state index in [0.29, 0.717) is 23.9 Å². The van der Waals surface area contributed by atoms with Crippen LogP contribution in [-0.2, 0) is 4.79 Å². The van der Waals surface area contributed by atoms with E-state index in [1.165, 1.54) is 6.20 Å². The Balaban J connectivity index is 2.22. The monoisotopic (exact) mass is 261 g/mol. The van der Waals surface area contributed by atoms with Gasteiger partial charge < -0.3 is 10.4 Å². The van der Waals surface area contributed by atoms with Crippen LogP contribution in [0.25, 0.3) is 5.52 Å². The van der Waals surface area contributed by atoms with Crippen molar-refractivity contribution in [3.63, 3.8) is 0 Å². The van der Waals surface area contributed by atoms with E-state index in [4.69, 9.17) is 5.11 Å². The summed E-state index contributed by atoms with van der Waals surface area (Å²) in [4.78, 5) is 23.1. The van der Waals surface area contributed by atoms with Crippen LogP contribution in [0, 0.1) is 0 Å². The number of aromatic nitrogens is 2. The van der Waals surface area contributed by atoms with Crippen LogP contribution < -0.4 is 5.32 Å². The number of nitrogens with one attached hydrogen (secondary N) is 1. The van der Waals surface area contributed by atoms with E-state index in [9.17, 15) is 9.59 Å². The lowest BCUT2D eigenvalue weighted by Gasteiger charge is -2.12. The van der Waals surface area contributed by atoms with Gasteiger partial charge in [0.15, 0.2) is 0 Å². The van der Waals surface area contributed by atoms with Crippen LogP contribution in [0.1, 0.15) is 30.1 Å². The van der Waals surface area contributed by atoms with Gasteiger partial charge in [-0.05, 0) is 18.6 Å². The van der Waals surface area contributed by atoms with Gasteiger partial charge in [0.05, 0.1) is 17.3 Å². The topological polar surface area (TPSA) is 83.7 Å². The Morgan fingerprint density at radius 3 is 2.95 bits per heavy atom. The molecule has 2 aromatic rings. The van der Waals surface area contributed by atoms with Crippen LogP contribution in [0.2, 0.25) is 0 Å². The highest BCUT2D eigenvalue weighted by Gasteiger charge is 2.21.